The SMILES string of the molecule is CCCCS(=O)(=O)NC[C@H](C)CN1CCOCC1. The van der Waals surface area contributed by atoms with Crippen molar-refractivity contribution in [1.82, 2.24) is 9.62 Å². The maximum atomic E-state index is 11.6. The molecule has 1 fully saturated rings. The van der Waals surface area contributed by atoms with E-state index in [4.69, 9.17) is 4.74 Å². The van der Waals surface area contributed by atoms with Crippen LogP contribution in [0.4, 0.5) is 0 Å². The van der Waals surface area contributed by atoms with Crippen molar-refractivity contribution >= 4 is 10.0 Å². The lowest BCUT2D eigenvalue weighted by molar-refractivity contribution is 0.0321. The first kappa shape index (κ1) is 15.9. The van der Waals surface area contributed by atoms with Crippen LogP contribution < -0.4 is 4.72 Å². The van der Waals surface area contributed by atoms with Crippen molar-refractivity contribution in [1.29, 1.82) is 0 Å². The molecule has 0 amide bonds. The summed E-state index contributed by atoms with van der Waals surface area (Å²) >= 11 is 0. The molecule has 0 unspecified atom stereocenters. The number of unbranched alkanes of at least 4 members (excludes halogenated alkanes) is 1. The number of rotatable bonds is 8. The molecule has 0 aromatic rings. The molecule has 1 aliphatic heterocycles. The Morgan fingerprint density at radius 1 is 1.33 bits per heavy atom. The molecule has 0 radical (unpaired) electrons. The highest BCUT2D eigenvalue weighted by atomic mass is 32.2. The zero-order chi connectivity index (χ0) is 13.4. The fourth-order valence-electron chi connectivity index (χ4n) is 1.96. The first-order chi connectivity index (χ1) is 8.53. The number of sulfonamides is 1. The van der Waals surface area contributed by atoms with E-state index in [2.05, 4.69) is 16.5 Å². The van der Waals surface area contributed by atoms with Crippen molar-refractivity contribution in [2.75, 3.05) is 45.1 Å². The lowest BCUT2D eigenvalue weighted by Crippen LogP contribution is -2.41. The number of nitrogens with zero attached hydrogens (tertiary/aromatic N) is 1. The van der Waals surface area contributed by atoms with Crippen LogP contribution in [0.25, 0.3) is 0 Å². The van der Waals surface area contributed by atoms with Crippen LogP contribution in [0.3, 0.4) is 0 Å². The van der Waals surface area contributed by atoms with Gasteiger partial charge in [-0.25, -0.2) is 13.1 Å². The van der Waals surface area contributed by atoms with E-state index in [-0.39, 0.29) is 5.75 Å². The Bertz CT molecular complexity index is 313. The first-order valence-electron chi connectivity index (χ1n) is 6.81. The standard InChI is InChI=1S/C12H26N2O3S/c1-3-4-9-18(15,16)13-10-12(2)11-14-5-7-17-8-6-14/h12-13H,3-11H2,1-2H3/t12-/m0/s1. The molecule has 0 aromatic carbocycles. The minimum absolute atomic E-state index is 0.244. The molecule has 5 nitrogen and oxygen atoms in total. The summed E-state index contributed by atoms with van der Waals surface area (Å²) in [6, 6.07) is 0. The van der Waals surface area contributed by atoms with Crippen LogP contribution in [-0.4, -0.2) is 58.5 Å². The maximum absolute atomic E-state index is 11.6. The van der Waals surface area contributed by atoms with Gasteiger partial charge < -0.3 is 4.74 Å². The second-order valence-electron chi connectivity index (χ2n) is 5.04. The highest BCUT2D eigenvalue weighted by molar-refractivity contribution is 7.89. The molecule has 6 heteroatoms. The molecule has 0 bridgehead atoms. The summed E-state index contributed by atoms with van der Waals surface area (Å²) in [4.78, 5) is 2.33. The van der Waals surface area contributed by atoms with E-state index < -0.39 is 10.0 Å². The van der Waals surface area contributed by atoms with E-state index in [0.29, 0.717) is 12.5 Å². The quantitative estimate of drug-likeness (QED) is 0.709. The van der Waals surface area contributed by atoms with Crippen LogP contribution >= 0.6 is 0 Å². The highest BCUT2D eigenvalue weighted by Crippen LogP contribution is 2.03. The lowest BCUT2D eigenvalue weighted by atomic mass is 10.1. The zero-order valence-corrected chi connectivity index (χ0v) is 12.3. The molecule has 0 aliphatic carbocycles. The average Bonchev–Trinajstić information content (AvgIpc) is 2.36. The van der Waals surface area contributed by atoms with Gasteiger partial charge in [0.2, 0.25) is 10.0 Å². The van der Waals surface area contributed by atoms with Gasteiger partial charge in [0.05, 0.1) is 19.0 Å². The first-order valence-corrected chi connectivity index (χ1v) is 8.46. The molecule has 1 saturated heterocycles. The largest absolute Gasteiger partial charge is 0.379 e. The van der Waals surface area contributed by atoms with Gasteiger partial charge in [0.25, 0.3) is 0 Å². The summed E-state index contributed by atoms with van der Waals surface area (Å²) in [6.07, 6.45) is 1.64. The van der Waals surface area contributed by atoms with Crippen molar-refractivity contribution in [3.8, 4) is 0 Å². The second-order valence-corrected chi connectivity index (χ2v) is 6.97. The number of hydrogen-bond acceptors (Lipinski definition) is 4. The summed E-state index contributed by atoms with van der Waals surface area (Å²) in [5.74, 6) is 0.577. The minimum atomic E-state index is -3.07. The van der Waals surface area contributed by atoms with Crippen LogP contribution in [0.2, 0.25) is 0 Å². The number of hydrogen-bond donors (Lipinski definition) is 1. The molecular weight excluding hydrogens is 252 g/mol. The summed E-state index contributed by atoms with van der Waals surface area (Å²) in [5, 5.41) is 0. The van der Waals surface area contributed by atoms with Crippen LogP contribution in [-0.2, 0) is 14.8 Å². The summed E-state index contributed by atoms with van der Waals surface area (Å²) < 4.78 is 31.3. The van der Waals surface area contributed by atoms with Gasteiger partial charge in [-0.15, -0.1) is 0 Å². The fraction of sp³-hybridized carbons (Fsp3) is 1.00. The van der Waals surface area contributed by atoms with Gasteiger partial charge in [-0.3, -0.25) is 4.90 Å². The molecule has 108 valence electrons. The van der Waals surface area contributed by atoms with Crippen molar-refractivity contribution in [3.63, 3.8) is 0 Å². The molecule has 0 aromatic heterocycles. The van der Waals surface area contributed by atoms with Gasteiger partial charge in [0.15, 0.2) is 0 Å². The van der Waals surface area contributed by atoms with Gasteiger partial charge in [0, 0.05) is 26.2 Å². The molecule has 18 heavy (non-hydrogen) atoms. The van der Waals surface area contributed by atoms with Gasteiger partial charge in [-0.05, 0) is 12.3 Å². The second kappa shape index (κ2) is 8.09. The predicted octanol–water partition coefficient (Wildman–Crippen LogP) is 0.674. The van der Waals surface area contributed by atoms with E-state index in [1.807, 2.05) is 6.92 Å². The van der Waals surface area contributed by atoms with Crippen molar-refractivity contribution < 1.29 is 13.2 Å². The number of nitrogens with one attached hydrogen (secondary N) is 1. The molecule has 0 spiro atoms. The Balaban J connectivity index is 2.21. The molecule has 0 saturated carbocycles. The molecule has 1 N–H and O–H groups in total. The van der Waals surface area contributed by atoms with Crippen LogP contribution in [0.15, 0.2) is 0 Å². The Labute approximate surface area is 111 Å². The molecule has 1 atom stereocenters. The molecule has 1 aliphatic rings. The Kier molecular flexibility index (Phi) is 7.14. The topological polar surface area (TPSA) is 58.6 Å². The van der Waals surface area contributed by atoms with Gasteiger partial charge in [0.1, 0.15) is 0 Å². The predicted molar refractivity (Wildman–Crippen MR) is 73.1 cm³/mol. The van der Waals surface area contributed by atoms with Crippen LogP contribution in [0.1, 0.15) is 26.7 Å². The van der Waals surface area contributed by atoms with E-state index >= 15 is 0 Å². The average molecular weight is 278 g/mol. The van der Waals surface area contributed by atoms with Crippen molar-refractivity contribution in [2.24, 2.45) is 5.92 Å². The zero-order valence-electron chi connectivity index (χ0n) is 11.5. The van der Waals surface area contributed by atoms with Crippen LogP contribution in [0.5, 0.6) is 0 Å². The van der Waals surface area contributed by atoms with Gasteiger partial charge >= 0.3 is 0 Å². The van der Waals surface area contributed by atoms with Gasteiger partial charge in [-0.1, -0.05) is 20.3 Å². The molecule has 1 heterocycles. The molecular formula is C12H26N2O3S. The Morgan fingerprint density at radius 2 is 2.00 bits per heavy atom. The third kappa shape index (κ3) is 6.68. The van der Waals surface area contributed by atoms with Crippen molar-refractivity contribution in [3.05, 3.63) is 0 Å². The number of morpholine rings is 1. The smallest absolute Gasteiger partial charge is 0.211 e. The van der Waals surface area contributed by atoms with E-state index in [1.165, 1.54) is 0 Å². The third-order valence-corrected chi connectivity index (χ3v) is 4.52. The van der Waals surface area contributed by atoms with Crippen molar-refractivity contribution in [2.45, 2.75) is 26.7 Å². The Hall–Kier alpha value is -0.170. The summed E-state index contributed by atoms with van der Waals surface area (Å²) in [5.41, 5.74) is 0. The molecule has 1 rings (SSSR count). The highest BCUT2D eigenvalue weighted by Gasteiger charge is 2.16. The fourth-order valence-corrected chi connectivity index (χ4v) is 3.32. The Morgan fingerprint density at radius 3 is 2.61 bits per heavy atom. The lowest BCUT2D eigenvalue weighted by Gasteiger charge is -2.29. The van der Waals surface area contributed by atoms with E-state index in [9.17, 15) is 8.42 Å². The van der Waals surface area contributed by atoms with E-state index in [1.54, 1.807) is 0 Å². The minimum Gasteiger partial charge on any atom is -0.379 e. The summed E-state index contributed by atoms with van der Waals surface area (Å²) in [6.45, 7) is 9.02. The monoisotopic (exact) mass is 278 g/mol. The normalized spacial score (nSPS) is 19.9. The van der Waals surface area contributed by atoms with E-state index in [0.717, 1.165) is 45.7 Å². The van der Waals surface area contributed by atoms with Gasteiger partial charge in [-0.2, -0.15) is 0 Å². The third-order valence-electron chi connectivity index (χ3n) is 3.09. The van der Waals surface area contributed by atoms with Crippen LogP contribution in [0, 0.1) is 5.92 Å². The maximum Gasteiger partial charge on any atom is 0.211 e. The number of ether oxygens (including phenoxy) is 1. The summed E-state index contributed by atoms with van der Waals surface area (Å²) in [7, 11) is -3.07.